The molecule has 5 aliphatic rings. The summed E-state index contributed by atoms with van der Waals surface area (Å²) < 4.78 is 18.3. The van der Waals surface area contributed by atoms with E-state index in [1.165, 1.54) is 12.5 Å². The van der Waals surface area contributed by atoms with Crippen molar-refractivity contribution in [3.8, 4) is 0 Å². The smallest absolute Gasteiger partial charge is 0.313 e. The lowest BCUT2D eigenvalue weighted by molar-refractivity contribution is -0.262. The van der Waals surface area contributed by atoms with Gasteiger partial charge in [0, 0.05) is 17.8 Å². The number of amidine groups is 1. The Balaban J connectivity index is 1.57. The summed E-state index contributed by atoms with van der Waals surface area (Å²) in [5.74, 6) is -1.82. The number of esters is 2. The Morgan fingerprint density at radius 3 is 2.36 bits per heavy atom. The molecule has 5 rings (SSSR count). The number of carboxylic acids is 1. The van der Waals surface area contributed by atoms with Gasteiger partial charge in [0.2, 0.25) is 0 Å². The van der Waals surface area contributed by atoms with Gasteiger partial charge in [-0.25, -0.2) is 0 Å². The number of aliphatic carboxylic acids is 1. The molecular formula is C35H54N2O8. The van der Waals surface area contributed by atoms with Gasteiger partial charge in [-0.15, -0.1) is 0 Å². The van der Waals surface area contributed by atoms with E-state index < -0.39 is 58.7 Å². The van der Waals surface area contributed by atoms with Crippen molar-refractivity contribution in [1.82, 2.24) is 5.48 Å². The van der Waals surface area contributed by atoms with Crippen molar-refractivity contribution in [1.29, 1.82) is 5.41 Å². The Labute approximate surface area is 267 Å². The first-order valence-electron chi connectivity index (χ1n) is 16.8. The van der Waals surface area contributed by atoms with E-state index in [1.54, 1.807) is 5.48 Å². The normalized spacial score (nSPS) is 44.3. The number of rotatable bonds is 7. The molecule has 1 heterocycles. The maximum Gasteiger partial charge on any atom is 0.313 e. The second-order valence-electron chi connectivity index (χ2n) is 16.4. The molecule has 45 heavy (non-hydrogen) atoms. The highest BCUT2D eigenvalue weighted by molar-refractivity contribution is 5.95. The molecular weight excluding hydrogens is 576 g/mol. The maximum absolute atomic E-state index is 13.3. The third-order valence-electron chi connectivity index (χ3n) is 14.1. The zero-order chi connectivity index (χ0) is 33.3. The zero-order valence-corrected chi connectivity index (χ0v) is 28.3. The highest BCUT2D eigenvalue weighted by atomic mass is 16.6. The minimum absolute atomic E-state index is 0.0966. The predicted octanol–water partition coefficient (Wildman–Crippen LogP) is 5.76. The average molecular weight is 631 g/mol. The van der Waals surface area contributed by atoms with Crippen LogP contribution in [0, 0.1) is 62.1 Å². The third kappa shape index (κ3) is 4.86. The Morgan fingerprint density at radius 1 is 1.07 bits per heavy atom. The molecule has 0 aromatic heterocycles. The van der Waals surface area contributed by atoms with E-state index in [9.17, 15) is 19.5 Å². The fraction of sp³-hybridized carbons (Fsp3) is 0.829. The first kappa shape index (κ1) is 33.9. The topological polar surface area (TPSA) is 155 Å². The van der Waals surface area contributed by atoms with Gasteiger partial charge in [0.1, 0.15) is 24.5 Å². The lowest BCUT2D eigenvalue weighted by Crippen LogP contribution is -2.70. The van der Waals surface area contributed by atoms with Crippen molar-refractivity contribution in [2.24, 2.45) is 56.7 Å². The van der Waals surface area contributed by atoms with Crippen LogP contribution in [0.4, 0.5) is 0 Å². The second kappa shape index (κ2) is 11.4. The molecule has 1 saturated heterocycles. The van der Waals surface area contributed by atoms with Gasteiger partial charge in [0.25, 0.3) is 0 Å². The summed E-state index contributed by atoms with van der Waals surface area (Å²) in [6, 6.07) is 0. The SMILES string of the molecule is CC(=O)O[C@@H]1C[C@]23COC[C@@](C)([C@@H]2CC[C@H]2C3=CC[C@@]3(C)[C@H](C(=O)O)[C@@](C)([C@H](C)C(C)C)CC[C@]23C)[C@H]1OC(=O)CC(=N)NO. The number of ether oxygens (including phenoxy) is 3. The van der Waals surface area contributed by atoms with Crippen LogP contribution in [0.1, 0.15) is 100 Å². The standard InChI is InChI=1S/C35H54N2O8/c1-19(2)20(3)31(5)13-14-33(7)22-9-10-25-32(6)17-43-18-35(25,23(22)11-12-34(33,8)28(31)30(40)41)16-24(44-21(4)38)29(32)45-27(39)15-26(36)37-42/h11,19-20,22,24-25,28-29,42H,9-10,12-18H2,1-8H3,(H2,36,37)(H,40,41)/t20-,22+,24-,25+,28-,29+,31-,32+,33-,34+,35-/m1/s1. The molecule has 4 fully saturated rings. The molecule has 0 unspecified atom stereocenters. The molecule has 1 aliphatic heterocycles. The Morgan fingerprint density at radius 2 is 1.76 bits per heavy atom. The number of carbonyl (C=O) groups excluding carboxylic acids is 2. The lowest BCUT2D eigenvalue weighted by Gasteiger charge is -2.71. The molecule has 0 aromatic carbocycles. The van der Waals surface area contributed by atoms with Gasteiger partial charge in [-0.3, -0.25) is 30.5 Å². The van der Waals surface area contributed by atoms with Gasteiger partial charge in [0.15, 0.2) is 0 Å². The van der Waals surface area contributed by atoms with Crippen molar-refractivity contribution in [3.63, 3.8) is 0 Å². The van der Waals surface area contributed by atoms with Crippen molar-refractivity contribution in [2.45, 2.75) is 113 Å². The largest absolute Gasteiger partial charge is 0.481 e. The summed E-state index contributed by atoms with van der Waals surface area (Å²) >= 11 is 0. The van der Waals surface area contributed by atoms with Crippen LogP contribution in [0.2, 0.25) is 0 Å². The number of carboxylic acid groups (broad SMARTS) is 1. The fourth-order valence-electron chi connectivity index (χ4n) is 11.5. The number of hydroxylamine groups is 1. The van der Waals surface area contributed by atoms with Crippen molar-refractivity contribution in [3.05, 3.63) is 11.6 Å². The zero-order valence-electron chi connectivity index (χ0n) is 28.3. The number of allylic oxidation sites excluding steroid dienone is 1. The van der Waals surface area contributed by atoms with Gasteiger partial charge in [-0.2, -0.15) is 0 Å². The fourth-order valence-corrected chi connectivity index (χ4v) is 11.5. The minimum atomic E-state index is -0.773. The molecule has 0 amide bonds. The summed E-state index contributed by atoms with van der Waals surface area (Å²) in [6.07, 6.45) is 5.09. The molecule has 2 bridgehead atoms. The van der Waals surface area contributed by atoms with Gasteiger partial charge >= 0.3 is 17.9 Å². The molecule has 4 N–H and O–H groups in total. The van der Waals surface area contributed by atoms with E-state index in [-0.39, 0.29) is 34.4 Å². The van der Waals surface area contributed by atoms with E-state index in [4.69, 9.17) is 24.8 Å². The van der Waals surface area contributed by atoms with Crippen LogP contribution in [0.25, 0.3) is 0 Å². The van der Waals surface area contributed by atoms with E-state index in [0.29, 0.717) is 32.0 Å². The number of hydrogen-bond donors (Lipinski definition) is 4. The first-order valence-corrected chi connectivity index (χ1v) is 16.8. The van der Waals surface area contributed by atoms with Crippen LogP contribution in [0.5, 0.6) is 0 Å². The molecule has 3 saturated carbocycles. The Bertz CT molecular complexity index is 1280. The lowest BCUT2D eigenvalue weighted by atomic mass is 9.34. The van der Waals surface area contributed by atoms with Gasteiger partial charge in [0.05, 0.1) is 19.1 Å². The minimum Gasteiger partial charge on any atom is -0.481 e. The highest BCUT2D eigenvalue weighted by Gasteiger charge is 2.72. The van der Waals surface area contributed by atoms with Crippen LogP contribution in [0.15, 0.2) is 11.6 Å². The number of fused-ring (bicyclic) bond motifs is 3. The molecule has 0 spiro atoms. The molecule has 10 heteroatoms. The van der Waals surface area contributed by atoms with E-state index >= 15 is 0 Å². The highest BCUT2D eigenvalue weighted by Crippen LogP contribution is 2.75. The van der Waals surface area contributed by atoms with E-state index in [2.05, 4.69) is 54.5 Å². The van der Waals surface area contributed by atoms with Crippen LogP contribution in [-0.4, -0.2) is 59.5 Å². The summed E-state index contributed by atoms with van der Waals surface area (Å²) in [4.78, 5) is 38.6. The first-order chi connectivity index (χ1) is 20.9. The molecule has 10 nitrogen and oxygen atoms in total. The molecule has 0 radical (unpaired) electrons. The summed E-state index contributed by atoms with van der Waals surface area (Å²) in [5, 5.41) is 27.6. The maximum atomic E-state index is 13.3. The molecule has 0 aromatic rings. The molecule has 252 valence electrons. The van der Waals surface area contributed by atoms with Crippen molar-refractivity contribution < 1.29 is 38.9 Å². The molecule has 4 aliphatic carbocycles. The Kier molecular flexibility index (Phi) is 8.55. The predicted molar refractivity (Wildman–Crippen MR) is 166 cm³/mol. The summed E-state index contributed by atoms with van der Waals surface area (Å²) in [6.45, 7) is 17.6. The Hall–Kier alpha value is -2.46. The van der Waals surface area contributed by atoms with Gasteiger partial charge in [-0.05, 0) is 78.4 Å². The molecule has 11 atom stereocenters. The van der Waals surface area contributed by atoms with Gasteiger partial charge in [-0.1, -0.05) is 60.1 Å². The third-order valence-corrected chi connectivity index (χ3v) is 14.1. The quantitative estimate of drug-likeness (QED) is 0.0903. The van der Waals surface area contributed by atoms with Crippen LogP contribution in [-0.2, 0) is 28.6 Å². The number of hydrogen-bond acceptors (Lipinski definition) is 8. The number of nitrogens with one attached hydrogen (secondary N) is 2. The summed E-state index contributed by atoms with van der Waals surface area (Å²) in [7, 11) is 0. The van der Waals surface area contributed by atoms with Crippen LogP contribution < -0.4 is 5.48 Å². The van der Waals surface area contributed by atoms with E-state index in [1.807, 2.05) is 0 Å². The van der Waals surface area contributed by atoms with Gasteiger partial charge < -0.3 is 19.3 Å². The van der Waals surface area contributed by atoms with E-state index in [0.717, 1.165) is 25.7 Å². The average Bonchev–Trinajstić information content (AvgIpc) is 2.94. The van der Waals surface area contributed by atoms with Crippen LogP contribution >= 0.6 is 0 Å². The van der Waals surface area contributed by atoms with Crippen LogP contribution in [0.3, 0.4) is 0 Å². The number of carbonyl (C=O) groups is 3. The van der Waals surface area contributed by atoms with Crippen molar-refractivity contribution >= 4 is 23.7 Å². The second-order valence-corrected chi connectivity index (χ2v) is 16.4. The monoisotopic (exact) mass is 630 g/mol. The van der Waals surface area contributed by atoms with Crippen molar-refractivity contribution in [2.75, 3.05) is 13.2 Å². The summed E-state index contributed by atoms with van der Waals surface area (Å²) in [5.41, 5.74) is 0.881.